The quantitative estimate of drug-likeness (QED) is 0.898. The average Bonchev–Trinajstić information content (AvgIpc) is 2.29. The molecule has 1 N–H and O–H groups in total. The molecular formula is C13H19ClN2O. The van der Waals surface area contributed by atoms with Gasteiger partial charge in [-0.25, -0.2) is 0 Å². The summed E-state index contributed by atoms with van der Waals surface area (Å²) in [6.07, 6.45) is 2.43. The predicted octanol–water partition coefficient (Wildman–Crippen LogP) is 2.85. The van der Waals surface area contributed by atoms with Crippen LogP contribution >= 0.6 is 11.6 Å². The van der Waals surface area contributed by atoms with Crippen LogP contribution in [0.3, 0.4) is 0 Å². The van der Waals surface area contributed by atoms with Crippen LogP contribution in [0.2, 0.25) is 5.02 Å². The van der Waals surface area contributed by atoms with Crippen LogP contribution in [0.15, 0.2) is 18.2 Å². The van der Waals surface area contributed by atoms with Crippen molar-refractivity contribution in [1.82, 2.24) is 4.90 Å². The SMILES string of the molecule is COc1ccc(Cl)cc1NC1CCCN(C)C1. The van der Waals surface area contributed by atoms with Crippen molar-refractivity contribution in [1.29, 1.82) is 0 Å². The molecule has 17 heavy (non-hydrogen) atoms. The van der Waals surface area contributed by atoms with Crippen LogP contribution in [0.5, 0.6) is 5.75 Å². The van der Waals surface area contributed by atoms with Gasteiger partial charge in [-0.05, 0) is 44.6 Å². The van der Waals surface area contributed by atoms with E-state index in [1.54, 1.807) is 7.11 Å². The van der Waals surface area contributed by atoms with E-state index in [4.69, 9.17) is 16.3 Å². The molecular weight excluding hydrogens is 236 g/mol. The van der Waals surface area contributed by atoms with Crippen LogP contribution in [0.1, 0.15) is 12.8 Å². The first kappa shape index (κ1) is 12.5. The highest BCUT2D eigenvalue weighted by Crippen LogP contribution is 2.29. The zero-order chi connectivity index (χ0) is 12.3. The molecule has 1 aromatic rings. The number of nitrogens with one attached hydrogen (secondary N) is 1. The third kappa shape index (κ3) is 3.27. The van der Waals surface area contributed by atoms with Crippen molar-refractivity contribution >= 4 is 17.3 Å². The summed E-state index contributed by atoms with van der Waals surface area (Å²) >= 11 is 6.01. The summed E-state index contributed by atoms with van der Waals surface area (Å²) in [5.74, 6) is 0.850. The van der Waals surface area contributed by atoms with Gasteiger partial charge in [0.05, 0.1) is 12.8 Å². The zero-order valence-electron chi connectivity index (χ0n) is 10.4. The van der Waals surface area contributed by atoms with Crippen molar-refractivity contribution in [2.75, 3.05) is 32.6 Å². The lowest BCUT2D eigenvalue weighted by atomic mass is 10.1. The van der Waals surface area contributed by atoms with Gasteiger partial charge in [-0.1, -0.05) is 11.6 Å². The number of likely N-dealkylation sites (tertiary alicyclic amines) is 1. The van der Waals surface area contributed by atoms with E-state index in [1.807, 2.05) is 18.2 Å². The summed E-state index contributed by atoms with van der Waals surface area (Å²) in [6.45, 7) is 2.25. The van der Waals surface area contributed by atoms with Gasteiger partial charge in [-0.15, -0.1) is 0 Å². The Kier molecular flexibility index (Phi) is 4.13. The number of hydrogen-bond acceptors (Lipinski definition) is 3. The van der Waals surface area contributed by atoms with Crippen LogP contribution < -0.4 is 10.1 Å². The highest BCUT2D eigenvalue weighted by Gasteiger charge is 2.18. The Labute approximate surface area is 108 Å². The number of halogens is 1. The molecule has 0 saturated carbocycles. The molecule has 1 fully saturated rings. The molecule has 0 bridgehead atoms. The van der Waals surface area contributed by atoms with Crippen molar-refractivity contribution in [2.45, 2.75) is 18.9 Å². The van der Waals surface area contributed by atoms with Gasteiger partial charge in [0.2, 0.25) is 0 Å². The summed E-state index contributed by atoms with van der Waals surface area (Å²) in [5.41, 5.74) is 0.986. The minimum absolute atomic E-state index is 0.473. The molecule has 4 heteroatoms. The van der Waals surface area contributed by atoms with Gasteiger partial charge in [0, 0.05) is 17.6 Å². The van der Waals surface area contributed by atoms with Crippen LogP contribution in [0, 0.1) is 0 Å². The molecule has 1 aromatic carbocycles. The Bertz CT molecular complexity index is 384. The fourth-order valence-corrected chi connectivity index (χ4v) is 2.47. The van der Waals surface area contributed by atoms with E-state index in [0.29, 0.717) is 6.04 Å². The number of piperidine rings is 1. The normalized spacial score (nSPS) is 21.2. The maximum absolute atomic E-state index is 6.01. The lowest BCUT2D eigenvalue weighted by Gasteiger charge is -2.31. The first-order valence-corrected chi connectivity index (χ1v) is 6.35. The number of ether oxygens (including phenoxy) is 1. The van der Waals surface area contributed by atoms with Crippen molar-refractivity contribution < 1.29 is 4.74 Å². The standard InChI is InChI=1S/C13H19ClN2O/c1-16-7-3-4-11(9-16)15-12-8-10(14)5-6-13(12)17-2/h5-6,8,11,15H,3-4,7,9H2,1-2H3. The van der Waals surface area contributed by atoms with Gasteiger partial charge in [-0.3, -0.25) is 0 Å². The van der Waals surface area contributed by atoms with E-state index >= 15 is 0 Å². The molecule has 2 rings (SSSR count). The molecule has 1 aliphatic heterocycles. The van der Waals surface area contributed by atoms with Crippen LogP contribution in [0.25, 0.3) is 0 Å². The third-order valence-corrected chi connectivity index (χ3v) is 3.38. The number of nitrogens with zero attached hydrogens (tertiary/aromatic N) is 1. The molecule has 0 aromatic heterocycles. The lowest BCUT2D eigenvalue weighted by Crippen LogP contribution is -2.39. The van der Waals surface area contributed by atoms with Gasteiger partial charge in [-0.2, -0.15) is 0 Å². The van der Waals surface area contributed by atoms with E-state index in [0.717, 1.165) is 23.0 Å². The highest BCUT2D eigenvalue weighted by atomic mass is 35.5. The van der Waals surface area contributed by atoms with E-state index < -0.39 is 0 Å². The topological polar surface area (TPSA) is 24.5 Å². The van der Waals surface area contributed by atoms with Crippen LogP contribution in [-0.4, -0.2) is 38.2 Å². The Morgan fingerprint density at radius 2 is 2.29 bits per heavy atom. The van der Waals surface area contributed by atoms with E-state index in [1.165, 1.54) is 19.4 Å². The maximum Gasteiger partial charge on any atom is 0.142 e. The van der Waals surface area contributed by atoms with E-state index in [9.17, 15) is 0 Å². The molecule has 1 aliphatic rings. The van der Waals surface area contributed by atoms with E-state index in [2.05, 4.69) is 17.3 Å². The predicted molar refractivity (Wildman–Crippen MR) is 72.1 cm³/mol. The number of benzene rings is 1. The zero-order valence-corrected chi connectivity index (χ0v) is 11.1. The first-order valence-electron chi connectivity index (χ1n) is 5.97. The van der Waals surface area contributed by atoms with Crippen molar-refractivity contribution in [2.24, 2.45) is 0 Å². The maximum atomic E-state index is 6.01. The molecule has 1 unspecified atom stereocenters. The molecule has 0 aliphatic carbocycles. The summed E-state index contributed by atoms with van der Waals surface area (Å²) in [6, 6.07) is 6.14. The lowest BCUT2D eigenvalue weighted by molar-refractivity contribution is 0.260. The molecule has 1 atom stereocenters. The van der Waals surface area contributed by atoms with Gasteiger partial charge in [0.1, 0.15) is 5.75 Å². The van der Waals surface area contributed by atoms with Crippen LogP contribution in [-0.2, 0) is 0 Å². The van der Waals surface area contributed by atoms with Crippen LogP contribution in [0.4, 0.5) is 5.69 Å². The van der Waals surface area contributed by atoms with Crippen molar-refractivity contribution in [3.8, 4) is 5.75 Å². The fraction of sp³-hybridized carbons (Fsp3) is 0.538. The minimum Gasteiger partial charge on any atom is -0.495 e. The Morgan fingerprint density at radius 1 is 1.47 bits per heavy atom. The number of rotatable bonds is 3. The smallest absolute Gasteiger partial charge is 0.142 e. The summed E-state index contributed by atoms with van der Waals surface area (Å²) in [5, 5.41) is 4.25. The minimum atomic E-state index is 0.473. The molecule has 94 valence electrons. The van der Waals surface area contributed by atoms with Gasteiger partial charge in [0.25, 0.3) is 0 Å². The van der Waals surface area contributed by atoms with Crippen molar-refractivity contribution in [3.63, 3.8) is 0 Å². The molecule has 3 nitrogen and oxygen atoms in total. The molecule has 0 amide bonds. The Balaban J connectivity index is 2.08. The summed E-state index contributed by atoms with van der Waals surface area (Å²) < 4.78 is 5.33. The molecule has 1 saturated heterocycles. The van der Waals surface area contributed by atoms with Gasteiger partial charge < -0.3 is 15.0 Å². The molecule has 0 radical (unpaired) electrons. The average molecular weight is 255 g/mol. The number of hydrogen-bond donors (Lipinski definition) is 1. The monoisotopic (exact) mass is 254 g/mol. The first-order chi connectivity index (χ1) is 8.19. The second-order valence-corrected chi connectivity index (χ2v) is 5.03. The Hall–Kier alpha value is -0.930. The second-order valence-electron chi connectivity index (χ2n) is 4.59. The number of methoxy groups -OCH3 is 1. The largest absolute Gasteiger partial charge is 0.495 e. The highest BCUT2D eigenvalue weighted by molar-refractivity contribution is 6.30. The van der Waals surface area contributed by atoms with E-state index in [-0.39, 0.29) is 0 Å². The third-order valence-electron chi connectivity index (χ3n) is 3.15. The summed E-state index contributed by atoms with van der Waals surface area (Å²) in [7, 11) is 3.84. The van der Waals surface area contributed by atoms with Gasteiger partial charge >= 0.3 is 0 Å². The molecule has 1 heterocycles. The second kappa shape index (κ2) is 5.61. The number of anilines is 1. The Morgan fingerprint density at radius 3 is 3.00 bits per heavy atom. The van der Waals surface area contributed by atoms with Crippen molar-refractivity contribution in [3.05, 3.63) is 23.2 Å². The number of likely N-dealkylation sites (N-methyl/N-ethyl adjacent to an activating group) is 1. The molecule has 0 spiro atoms. The van der Waals surface area contributed by atoms with Gasteiger partial charge in [0.15, 0.2) is 0 Å². The summed E-state index contributed by atoms with van der Waals surface area (Å²) in [4.78, 5) is 2.35. The fourth-order valence-electron chi connectivity index (χ4n) is 2.30.